The molecule has 0 aliphatic carbocycles. The van der Waals surface area contributed by atoms with Gasteiger partial charge in [0.2, 0.25) is 0 Å². The Morgan fingerprint density at radius 2 is 1.89 bits per heavy atom. The molecule has 0 bridgehead atoms. The highest BCUT2D eigenvalue weighted by Gasteiger charge is 2.45. The van der Waals surface area contributed by atoms with Gasteiger partial charge in [-0.1, -0.05) is 24.6 Å². The number of aromatic nitrogens is 2. The lowest BCUT2D eigenvalue weighted by molar-refractivity contribution is -0.172. The standard InChI is InChI=1S/C27H23N3O7S/c1-3-27(33)19-11-21-24-15(12-30(21)25(31)18(19)13-36-26(27)32)10-17-20(29-24)8-9-22(23(17)28)37-38(34,35)16-6-4-14(2)5-7-16/h4-11,33H,3,12-13,28H2,1-2H3. The fourth-order valence-corrected chi connectivity index (χ4v) is 5.95. The zero-order valence-electron chi connectivity index (χ0n) is 20.5. The molecule has 1 atom stereocenters. The topological polar surface area (TPSA) is 151 Å². The molecule has 6 rings (SSSR count). The van der Waals surface area contributed by atoms with Gasteiger partial charge < -0.3 is 24.3 Å². The quantitative estimate of drug-likeness (QED) is 0.202. The lowest BCUT2D eigenvalue weighted by atomic mass is 9.86. The van der Waals surface area contributed by atoms with Gasteiger partial charge in [0.15, 0.2) is 11.4 Å². The van der Waals surface area contributed by atoms with Gasteiger partial charge in [-0.25, -0.2) is 9.78 Å². The number of pyridine rings is 2. The summed E-state index contributed by atoms with van der Waals surface area (Å²) in [4.78, 5) is 30.4. The average Bonchev–Trinajstić information content (AvgIpc) is 3.25. The van der Waals surface area contributed by atoms with Gasteiger partial charge in [0, 0.05) is 16.5 Å². The molecule has 4 aromatic rings. The summed E-state index contributed by atoms with van der Waals surface area (Å²) in [5.41, 5.74) is 7.62. The van der Waals surface area contributed by atoms with Crippen LogP contribution >= 0.6 is 0 Å². The number of aliphatic hydroxyl groups is 1. The van der Waals surface area contributed by atoms with Crippen LogP contribution in [0.2, 0.25) is 0 Å². The maximum atomic E-state index is 13.3. The number of cyclic esters (lactones) is 1. The minimum absolute atomic E-state index is 0.00275. The molecule has 1 unspecified atom stereocenters. The Balaban J connectivity index is 1.44. The molecular weight excluding hydrogens is 510 g/mol. The first-order chi connectivity index (χ1) is 18.0. The lowest BCUT2D eigenvalue weighted by Gasteiger charge is -2.31. The highest BCUT2D eigenvalue weighted by molar-refractivity contribution is 7.87. The lowest BCUT2D eigenvalue weighted by Crippen LogP contribution is -2.44. The van der Waals surface area contributed by atoms with E-state index in [1.165, 1.54) is 22.8 Å². The largest absolute Gasteiger partial charge is 0.458 e. The van der Waals surface area contributed by atoms with Crippen LogP contribution in [-0.4, -0.2) is 29.0 Å². The number of esters is 1. The van der Waals surface area contributed by atoms with Crippen LogP contribution < -0.4 is 15.5 Å². The van der Waals surface area contributed by atoms with Gasteiger partial charge in [-0.15, -0.1) is 0 Å². The van der Waals surface area contributed by atoms with Crippen molar-refractivity contribution < 1.29 is 27.2 Å². The summed E-state index contributed by atoms with van der Waals surface area (Å²) in [5, 5.41) is 11.5. The third-order valence-corrected chi connectivity index (χ3v) is 8.45. The van der Waals surface area contributed by atoms with Crippen LogP contribution in [0.4, 0.5) is 5.69 Å². The summed E-state index contributed by atoms with van der Waals surface area (Å²) >= 11 is 0. The van der Waals surface area contributed by atoms with E-state index in [0.29, 0.717) is 27.9 Å². The van der Waals surface area contributed by atoms with Crippen LogP contribution in [0, 0.1) is 6.92 Å². The van der Waals surface area contributed by atoms with Crippen molar-refractivity contribution in [2.24, 2.45) is 0 Å². The molecule has 2 aromatic carbocycles. The van der Waals surface area contributed by atoms with Gasteiger partial charge in [0.05, 0.1) is 34.7 Å². The average molecular weight is 534 g/mol. The molecule has 2 aromatic heterocycles. The summed E-state index contributed by atoms with van der Waals surface area (Å²) in [6, 6.07) is 12.7. The number of nitrogens with two attached hydrogens (primary N) is 1. The Morgan fingerprint density at radius 1 is 1.16 bits per heavy atom. The second-order valence-electron chi connectivity index (χ2n) is 9.49. The Bertz CT molecular complexity index is 1850. The fourth-order valence-electron chi connectivity index (χ4n) is 5.00. The van der Waals surface area contributed by atoms with Crippen LogP contribution in [0.3, 0.4) is 0 Å². The first kappa shape index (κ1) is 24.1. The number of fused-ring (bicyclic) bond motifs is 5. The van der Waals surface area contributed by atoms with Crippen LogP contribution in [0.1, 0.15) is 35.6 Å². The molecule has 2 aliphatic rings. The van der Waals surface area contributed by atoms with E-state index in [2.05, 4.69) is 0 Å². The van der Waals surface area contributed by atoms with Crippen LogP contribution in [0.15, 0.2) is 58.2 Å². The number of carbonyl (C=O) groups is 1. The number of aryl methyl sites for hydroxylation is 1. The molecule has 10 nitrogen and oxygen atoms in total. The number of benzene rings is 2. The Morgan fingerprint density at radius 3 is 2.61 bits per heavy atom. The van der Waals surface area contributed by atoms with Gasteiger partial charge in [-0.2, -0.15) is 8.42 Å². The predicted octanol–water partition coefficient (Wildman–Crippen LogP) is 2.74. The second kappa shape index (κ2) is 8.14. The molecule has 194 valence electrons. The van der Waals surface area contributed by atoms with E-state index in [1.54, 1.807) is 37.3 Å². The number of hydrogen-bond acceptors (Lipinski definition) is 9. The molecule has 0 spiro atoms. The van der Waals surface area contributed by atoms with Crippen molar-refractivity contribution in [3.8, 4) is 17.1 Å². The first-order valence-corrected chi connectivity index (χ1v) is 13.3. The molecule has 0 radical (unpaired) electrons. The molecule has 11 heteroatoms. The first-order valence-electron chi connectivity index (χ1n) is 11.9. The zero-order valence-corrected chi connectivity index (χ0v) is 21.3. The zero-order chi connectivity index (χ0) is 27.0. The summed E-state index contributed by atoms with van der Waals surface area (Å²) in [5.74, 6) is -0.825. The molecule has 38 heavy (non-hydrogen) atoms. The highest BCUT2D eigenvalue weighted by atomic mass is 32.2. The van der Waals surface area contributed by atoms with Crippen molar-refractivity contribution in [3.63, 3.8) is 0 Å². The van der Waals surface area contributed by atoms with Crippen molar-refractivity contribution in [2.75, 3.05) is 5.73 Å². The second-order valence-corrected chi connectivity index (χ2v) is 11.0. The maximum absolute atomic E-state index is 13.3. The third kappa shape index (κ3) is 3.42. The van der Waals surface area contributed by atoms with Crippen LogP contribution in [-0.2, 0) is 38.4 Å². The van der Waals surface area contributed by atoms with E-state index in [0.717, 1.165) is 5.56 Å². The normalized spacial score (nSPS) is 18.0. The van der Waals surface area contributed by atoms with E-state index in [1.807, 2.05) is 6.92 Å². The van der Waals surface area contributed by atoms with Gasteiger partial charge in [0.1, 0.15) is 11.5 Å². The summed E-state index contributed by atoms with van der Waals surface area (Å²) in [6.45, 7) is 3.46. The van der Waals surface area contributed by atoms with Gasteiger partial charge >= 0.3 is 16.1 Å². The molecule has 2 aliphatic heterocycles. The van der Waals surface area contributed by atoms with E-state index in [-0.39, 0.29) is 52.6 Å². The van der Waals surface area contributed by atoms with E-state index < -0.39 is 21.7 Å². The number of carbonyl (C=O) groups excluding carboxylic acids is 1. The summed E-state index contributed by atoms with van der Waals surface area (Å²) in [6.07, 6.45) is 0.0462. The number of anilines is 1. The molecular formula is C27H23N3O7S. The van der Waals surface area contributed by atoms with Crippen molar-refractivity contribution in [1.82, 2.24) is 9.55 Å². The maximum Gasteiger partial charge on any atom is 0.343 e. The molecule has 0 saturated carbocycles. The van der Waals surface area contributed by atoms with Gasteiger partial charge in [-0.3, -0.25) is 4.79 Å². The SMILES string of the molecule is CCC1(O)C(=O)OCc2c1cc1n(c2=O)Cc2cc3c(N)c(OS(=O)(=O)c4ccc(C)cc4)ccc3nc2-1. The summed E-state index contributed by atoms with van der Waals surface area (Å²) < 4.78 is 37.6. The monoisotopic (exact) mass is 533 g/mol. The van der Waals surface area contributed by atoms with E-state index >= 15 is 0 Å². The molecule has 0 fully saturated rings. The Hall–Kier alpha value is -4.22. The van der Waals surface area contributed by atoms with Gasteiger partial charge in [-0.05, 0) is 49.7 Å². The molecule has 0 amide bonds. The molecule has 3 N–H and O–H groups in total. The minimum atomic E-state index is -4.12. The van der Waals surface area contributed by atoms with Crippen molar-refractivity contribution in [2.45, 2.75) is 43.9 Å². The number of nitrogen functional groups attached to an aromatic ring is 1. The minimum Gasteiger partial charge on any atom is -0.458 e. The van der Waals surface area contributed by atoms with Gasteiger partial charge in [0.25, 0.3) is 5.56 Å². The Kier molecular flexibility index (Phi) is 5.17. The van der Waals surface area contributed by atoms with Crippen molar-refractivity contribution in [3.05, 3.63) is 81.1 Å². The Labute approximate surface area is 217 Å². The van der Waals surface area contributed by atoms with Crippen molar-refractivity contribution in [1.29, 1.82) is 0 Å². The van der Waals surface area contributed by atoms with Crippen LogP contribution in [0.5, 0.6) is 5.75 Å². The summed E-state index contributed by atoms with van der Waals surface area (Å²) in [7, 11) is -4.12. The van der Waals surface area contributed by atoms with Crippen molar-refractivity contribution >= 4 is 32.7 Å². The third-order valence-electron chi connectivity index (χ3n) is 7.20. The molecule has 0 saturated heterocycles. The number of ether oxygens (including phenoxy) is 1. The van der Waals surface area contributed by atoms with Crippen LogP contribution in [0.25, 0.3) is 22.3 Å². The smallest absolute Gasteiger partial charge is 0.343 e. The fraction of sp³-hybridized carbons (Fsp3) is 0.222. The van der Waals surface area contributed by atoms with E-state index in [9.17, 15) is 23.1 Å². The van der Waals surface area contributed by atoms with E-state index in [4.69, 9.17) is 19.6 Å². The number of nitrogens with zero attached hydrogens (tertiary/aromatic N) is 2. The highest BCUT2D eigenvalue weighted by Crippen LogP contribution is 2.40. The molecule has 4 heterocycles. The number of rotatable bonds is 4. The predicted molar refractivity (Wildman–Crippen MR) is 138 cm³/mol. The number of hydrogen-bond donors (Lipinski definition) is 2.